The molecular weight excluding hydrogens is 364 g/mol. The number of hydrogen-bond donors (Lipinski definition) is 1. The lowest BCUT2D eigenvalue weighted by molar-refractivity contribution is -0.898. The zero-order valence-electron chi connectivity index (χ0n) is 11.0. The Morgan fingerprint density at radius 2 is 2.05 bits per heavy atom. The molecule has 4 nitrogen and oxygen atoms in total. The van der Waals surface area contributed by atoms with Crippen LogP contribution in [0.15, 0.2) is 45.2 Å². The van der Waals surface area contributed by atoms with Gasteiger partial charge in [0, 0.05) is 4.47 Å². The summed E-state index contributed by atoms with van der Waals surface area (Å²) in [7, 11) is -3.40. The number of piperazine rings is 1. The zero-order chi connectivity index (χ0) is 14.8. The van der Waals surface area contributed by atoms with Crippen molar-refractivity contribution in [3.63, 3.8) is 0 Å². The van der Waals surface area contributed by atoms with Crippen molar-refractivity contribution in [2.75, 3.05) is 32.7 Å². The highest BCUT2D eigenvalue weighted by Gasteiger charge is 2.30. The molecule has 1 aliphatic heterocycles. The maximum Gasteiger partial charge on any atom is 0.243 e. The molecular formula is C13H17BrClN2O2S+. The fourth-order valence-electron chi connectivity index (χ4n) is 2.27. The molecule has 1 aromatic carbocycles. The third kappa shape index (κ3) is 3.83. The Kier molecular flexibility index (Phi) is 5.25. The molecule has 1 saturated heterocycles. The molecule has 0 saturated carbocycles. The predicted octanol–water partition coefficient (Wildman–Crippen LogP) is 1.09. The van der Waals surface area contributed by atoms with E-state index in [1.54, 1.807) is 18.2 Å². The molecule has 0 aliphatic carbocycles. The van der Waals surface area contributed by atoms with Crippen LogP contribution in [0.25, 0.3) is 0 Å². The summed E-state index contributed by atoms with van der Waals surface area (Å²) in [4.78, 5) is 1.60. The lowest BCUT2D eigenvalue weighted by Crippen LogP contribution is -3.14. The fraction of sp³-hybridized carbons (Fsp3) is 0.385. The van der Waals surface area contributed by atoms with Crippen LogP contribution in [0.1, 0.15) is 0 Å². The Morgan fingerprint density at radius 1 is 1.40 bits per heavy atom. The van der Waals surface area contributed by atoms with E-state index in [-0.39, 0.29) is 0 Å². The van der Waals surface area contributed by atoms with Gasteiger partial charge in [0.05, 0.1) is 36.1 Å². The minimum Gasteiger partial charge on any atom is -0.328 e. The van der Waals surface area contributed by atoms with Gasteiger partial charge in [0.15, 0.2) is 0 Å². The molecule has 0 aromatic heterocycles. The molecule has 1 aromatic rings. The van der Waals surface area contributed by atoms with Crippen LogP contribution in [0.4, 0.5) is 0 Å². The first-order valence-corrected chi connectivity index (χ1v) is 8.93. The van der Waals surface area contributed by atoms with Crippen molar-refractivity contribution in [3.05, 3.63) is 40.3 Å². The lowest BCUT2D eigenvalue weighted by Gasteiger charge is -2.31. The Balaban J connectivity index is 2.08. The Bertz CT molecular complexity index is 598. The van der Waals surface area contributed by atoms with Crippen LogP contribution >= 0.6 is 27.5 Å². The minimum atomic E-state index is -3.40. The quantitative estimate of drug-likeness (QED) is 0.850. The normalized spacial score (nSPS) is 18.1. The molecule has 1 N–H and O–H groups in total. The van der Waals surface area contributed by atoms with Gasteiger partial charge in [0.2, 0.25) is 10.0 Å². The number of rotatable bonds is 4. The van der Waals surface area contributed by atoms with Crippen LogP contribution < -0.4 is 4.90 Å². The van der Waals surface area contributed by atoms with Gasteiger partial charge < -0.3 is 4.90 Å². The molecule has 0 bridgehead atoms. The van der Waals surface area contributed by atoms with E-state index >= 15 is 0 Å². The topological polar surface area (TPSA) is 41.8 Å². The van der Waals surface area contributed by atoms with E-state index in [1.807, 2.05) is 6.07 Å². The van der Waals surface area contributed by atoms with Gasteiger partial charge in [-0.05, 0) is 18.2 Å². The van der Waals surface area contributed by atoms with Gasteiger partial charge in [0.25, 0.3) is 0 Å². The van der Waals surface area contributed by atoms with E-state index in [1.165, 1.54) is 9.21 Å². The van der Waals surface area contributed by atoms with Crippen molar-refractivity contribution in [1.29, 1.82) is 0 Å². The van der Waals surface area contributed by atoms with E-state index in [0.29, 0.717) is 29.6 Å². The number of nitrogens with zero attached hydrogens (tertiary/aromatic N) is 1. The van der Waals surface area contributed by atoms with Crippen molar-refractivity contribution >= 4 is 37.6 Å². The molecule has 1 fully saturated rings. The van der Waals surface area contributed by atoms with Crippen LogP contribution in [0.2, 0.25) is 0 Å². The number of benzene rings is 1. The number of quaternary nitrogens is 1. The Morgan fingerprint density at radius 3 is 2.60 bits per heavy atom. The summed E-state index contributed by atoms with van der Waals surface area (Å²) >= 11 is 9.10. The zero-order valence-corrected chi connectivity index (χ0v) is 14.1. The van der Waals surface area contributed by atoms with E-state index < -0.39 is 10.0 Å². The molecule has 0 radical (unpaired) electrons. The van der Waals surface area contributed by atoms with Gasteiger partial charge >= 0.3 is 0 Å². The van der Waals surface area contributed by atoms with Gasteiger partial charge in [-0.1, -0.05) is 40.2 Å². The third-order valence-electron chi connectivity index (χ3n) is 3.31. The van der Waals surface area contributed by atoms with Crippen molar-refractivity contribution in [1.82, 2.24) is 4.31 Å². The monoisotopic (exact) mass is 379 g/mol. The summed E-state index contributed by atoms with van der Waals surface area (Å²) in [6.07, 6.45) is 0. The summed E-state index contributed by atoms with van der Waals surface area (Å²) in [6, 6.07) is 6.80. The molecule has 20 heavy (non-hydrogen) atoms. The van der Waals surface area contributed by atoms with Crippen LogP contribution in [-0.4, -0.2) is 45.4 Å². The Hall–Kier alpha value is -0.400. The highest BCUT2D eigenvalue weighted by Crippen LogP contribution is 2.19. The second-order valence-electron chi connectivity index (χ2n) is 4.81. The van der Waals surface area contributed by atoms with Gasteiger partial charge in [-0.2, -0.15) is 4.31 Å². The average Bonchev–Trinajstić information content (AvgIpc) is 2.38. The molecule has 110 valence electrons. The van der Waals surface area contributed by atoms with E-state index in [9.17, 15) is 8.42 Å². The first kappa shape index (κ1) is 16.0. The highest BCUT2D eigenvalue weighted by atomic mass is 79.9. The molecule has 0 atom stereocenters. The molecule has 2 rings (SSSR count). The minimum absolute atomic E-state index is 0.331. The largest absolute Gasteiger partial charge is 0.328 e. The van der Waals surface area contributed by atoms with Crippen molar-refractivity contribution in [2.24, 2.45) is 0 Å². The van der Waals surface area contributed by atoms with Gasteiger partial charge in [-0.25, -0.2) is 8.42 Å². The second-order valence-corrected chi connectivity index (χ2v) is 8.19. The van der Waals surface area contributed by atoms with Crippen molar-refractivity contribution in [3.8, 4) is 0 Å². The fourth-order valence-corrected chi connectivity index (χ4v) is 4.49. The first-order valence-electron chi connectivity index (χ1n) is 6.32. The number of sulfonamides is 1. The maximum absolute atomic E-state index is 12.5. The highest BCUT2D eigenvalue weighted by molar-refractivity contribution is 9.10. The molecule has 1 heterocycles. The standard InChI is InChI=1S/C13H16BrClN2O2S/c1-11(15)10-16-5-7-17(8-6-16)20(18,19)13-4-2-3-12(14)9-13/h2-4,9H,1,5-8,10H2/p+1. The number of halogens is 2. The van der Waals surface area contributed by atoms with Gasteiger partial charge in [0.1, 0.15) is 6.54 Å². The third-order valence-corrected chi connectivity index (χ3v) is 5.83. The van der Waals surface area contributed by atoms with Gasteiger partial charge in [-0.15, -0.1) is 0 Å². The Labute approximate surface area is 133 Å². The first-order chi connectivity index (χ1) is 9.39. The average molecular weight is 381 g/mol. The van der Waals surface area contributed by atoms with Crippen molar-refractivity contribution in [2.45, 2.75) is 4.90 Å². The van der Waals surface area contributed by atoms with Gasteiger partial charge in [-0.3, -0.25) is 0 Å². The summed E-state index contributed by atoms with van der Waals surface area (Å²) in [5.74, 6) is 0. The number of hydrogen-bond acceptors (Lipinski definition) is 2. The summed E-state index contributed by atoms with van der Waals surface area (Å²) in [5, 5.41) is 0.614. The molecule has 0 amide bonds. The molecule has 0 unspecified atom stereocenters. The van der Waals surface area contributed by atoms with Crippen LogP contribution in [-0.2, 0) is 10.0 Å². The summed E-state index contributed by atoms with van der Waals surface area (Å²) < 4.78 is 27.3. The second kappa shape index (κ2) is 6.58. The summed E-state index contributed by atoms with van der Waals surface area (Å²) in [6.45, 7) is 6.88. The van der Waals surface area contributed by atoms with Crippen LogP contribution in [0, 0.1) is 0 Å². The van der Waals surface area contributed by atoms with Crippen LogP contribution in [0.3, 0.4) is 0 Å². The molecule has 1 aliphatic rings. The van der Waals surface area contributed by atoms with E-state index in [0.717, 1.165) is 17.6 Å². The molecule has 0 spiro atoms. The number of nitrogens with one attached hydrogen (secondary N) is 1. The lowest BCUT2D eigenvalue weighted by atomic mass is 10.3. The van der Waals surface area contributed by atoms with Crippen LogP contribution in [0.5, 0.6) is 0 Å². The van der Waals surface area contributed by atoms with E-state index in [2.05, 4.69) is 22.5 Å². The van der Waals surface area contributed by atoms with E-state index in [4.69, 9.17) is 11.6 Å². The summed E-state index contributed by atoms with van der Waals surface area (Å²) in [5.41, 5.74) is 0. The van der Waals surface area contributed by atoms with Crippen molar-refractivity contribution < 1.29 is 13.3 Å². The molecule has 7 heteroatoms. The predicted molar refractivity (Wildman–Crippen MR) is 83.5 cm³/mol. The maximum atomic E-state index is 12.5. The SMILES string of the molecule is C=C(Cl)C[NH+]1CCN(S(=O)(=O)c2cccc(Br)c2)CC1. The smallest absolute Gasteiger partial charge is 0.243 e.